The van der Waals surface area contributed by atoms with Crippen molar-refractivity contribution in [3.05, 3.63) is 77.3 Å². The van der Waals surface area contributed by atoms with Gasteiger partial charge in [0.25, 0.3) is 0 Å². The molecule has 4 heteroatoms. The molecule has 0 radical (unpaired) electrons. The van der Waals surface area contributed by atoms with E-state index >= 15 is 0 Å². The predicted molar refractivity (Wildman–Crippen MR) is 107 cm³/mol. The van der Waals surface area contributed by atoms with E-state index in [9.17, 15) is 0 Å². The molecule has 0 saturated carbocycles. The van der Waals surface area contributed by atoms with Crippen LogP contribution in [0.25, 0.3) is 21.0 Å². The number of aromatic nitrogens is 1. The normalized spacial score (nSPS) is 12.5. The van der Waals surface area contributed by atoms with Crippen LogP contribution in [0.2, 0.25) is 0 Å². The number of hydrogen-bond donors (Lipinski definition) is 1. The van der Waals surface area contributed by atoms with Crippen molar-refractivity contribution in [3.63, 3.8) is 0 Å². The highest BCUT2D eigenvalue weighted by atomic mass is 32.1. The summed E-state index contributed by atoms with van der Waals surface area (Å²) >= 11 is 6.87. The molecule has 4 rings (SSSR count). The molecular weight excluding hydrogens is 332 g/mol. The second-order valence-corrected chi connectivity index (χ2v) is 7.32. The molecule has 4 aromatic rings. The number of thiazole rings is 1. The van der Waals surface area contributed by atoms with Gasteiger partial charge < -0.3 is 5.73 Å². The summed E-state index contributed by atoms with van der Waals surface area (Å²) in [5.41, 5.74) is 11.2. The fraction of sp³-hybridized carbons (Fsp3) is 0.100. The standard InChI is InChI=1S/C20H16N2S2/c21-20(23)11-17(16-7-8-19-18(10-16)22-12-24-19)15-6-5-13-3-1-2-4-14(13)9-15/h1-10,12,17H,11H2,(H2,21,23). The van der Waals surface area contributed by atoms with E-state index in [1.54, 1.807) is 11.3 Å². The average molecular weight is 348 g/mol. The Labute approximate surface area is 150 Å². The lowest BCUT2D eigenvalue weighted by molar-refractivity contribution is 0.861. The Morgan fingerprint density at radius 3 is 2.58 bits per heavy atom. The molecule has 1 aromatic heterocycles. The van der Waals surface area contributed by atoms with Gasteiger partial charge in [-0.05, 0) is 34.0 Å². The van der Waals surface area contributed by atoms with Gasteiger partial charge in [0.2, 0.25) is 0 Å². The van der Waals surface area contributed by atoms with Crippen molar-refractivity contribution in [2.45, 2.75) is 12.3 Å². The van der Waals surface area contributed by atoms with E-state index in [0.717, 1.165) is 5.52 Å². The second-order valence-electron chi connectivity index (χ2n) is 5.91. The van der Waals surface area contributed by atoms with Crippen molar-refractivity contribution in [1.82, 2.24) is 4.98 Å². The van der Waals surface area contributed by atoms with Crippen LogP contribution in [-0.4, -0.2) is 9.97 Å². The molecule has 0 fully saturated rings. The number of rotatable bonds is 4. The number of nitrogens with zero attached hydrogens (tertiary/aromatic N) is 1. The minimum absolute atomic E-state index is 0.151. The summed E-state index contributed by atoms with van der Waals surface area (Å²) in [5.74, 6) is 0.151. The number of nitrogens with two attached hydrogens (primary N) is 1. The minimum atomic E-state index is 0.151. The summed E-state index contributed by atoms with van der Waals surface area (Å²) in [5, 5.41) is 2.47. The first kappa shape index (κ1) is 15.2. The minimum Gasteiger partial charge on any atom is -0.393 e. The quantitative estimate of drug-likeness (QED) is 0.511. The first-order valence-corrected chi connectivity index (χ1v) is 9.09. The third kappa shape index (κ3) is 2.90. The van der Waals surface area contributed by atoms with Crippen molar-refractivity contribution in [1.29, 1.82) is 0 Å². The second kappa shape index (κ2) is 6.30. The van der Waals surface area contributed by atoms with Crippen molar-refractivity contribution in [3.8, 4) is 0 Å². The van der Waals surface area contributed by atoms with E-state index in [-0.39, 0.29) is 5.92 Å². The summed E-state index contributed by atoms with van der Waals surface area (Å²) in [6, 6.07) is 21.4. The first-order chi connectivity index (χ1) is 11.7. The monoisotopic (exact) mass is 348 g/mol. The van der Waals surface area contributed by atoms with Crippen LogP contribution in [0.4, 0.5) is 0 Å². The summed E-state index contributed by atoms with van der Waals surface area (Å²) in [6.45, 7) is 0. The Morgan fingerprint density at radius 1 is 1.00 bits per heavy atom. The predicted octanol–water partition coefficient (Wildman–Crippen LogP) is 5.26. The zero-order valence-electron chi connectivity index (χ0n) is 13.0. The Bertz CT molecular complexity index is 1040. The van der Waals surface area contributed by atoms with E-state index < -0.39 is 0 Å². The molecule has 0 aliphatic heterocycles. The van der Waals surface area contributed by atoms with E-state index in [0.29, 0.717) is 11.4 Å². The highest BCUT2D eigenvalue weighted by Crippen LogP contribution is 2.32. The molecule has 0 amide bonds. The first-order valence-electron chi connectivity index (χ1n) is 7.81. The van der Waals surface area contributed by atoms with Gasteiger partial charge >= 0.3 is 0 Å². The topological polar surface area (TPSA) is 38.9 Å². The van der Waals surface area contributed by atoms with Gasteiger partial charge in [0, 0.05) is 12.3 Å². The van der Waals surface area contributed by atoms with Crippen molar-refractivity contribution in [2.75, 3.05) is 0 Å². The third-order valence-corrected chi connectivity index (χ3v) is 5.31. The van der Waals surface area contributed by atoms with Crippen LogP contribution in [0.5, 0.6) is 0 Å². The largest absolute Gasteiger partial charge is 0.393 e. The Balaban J connectivity index is 1.83. The van der Waals surface area contributed by atoms with Gasteiger partial charge in [0.1, 0.15) is 0 Å². The number of thiocarbonyl (C=S) groups is 1. The van der Waals surface area contributed by atoms with Gasteiger partial charge in [-0.2, -0.15) is 0 Å². The molecule has 2 nitrogen and oxygen atoms in total. The maximum atomic E-state index is 5.89. The van der Waals surface area contributed by atoms with Gasteiger partial charge in [-0.15, -0.1) is 11.3 Å². The smallest absolute Gasteiger partial charge is 0.0814 e. The molecular formula is C20H16N2S2. The lowest BCUT2D eigenvalue weighted by Gasteiger charge is -2.18. The molecule has 1 atom stereocenters. The molecule has 24 heavy (non-hydrogen) atoms. The summed E-state index contributed by atoms with van der Waals surface area (Å²) in [7, 11) is 0. The van der Waals surface area contributed by atoms with Gasteiger partial charge in [-0.3, -0.25) is 0 Å². The van der Waals surface area contributed by atoms with Crippen LogP contribution in [0, 0.1) is 0 Å². The molecule has 0 aliphatic carbocycles. The maximum absolute atomic E-state index is 5.89. The average Bonchev–Trinajstić information content (AvgIpc) is 3.07. The number of fused-ring (bicyclic) bond motifs is 2. The van der Waals surface area contributed by atoms with Gasteiger partial charge in [-0.25, -0.2) is 4.98 Å². The molecule has 1 unspecified atom stereocenters. The van der Waals surface area contributed by atoms with Crippen LogP contribution < -0.4 is 5.73 Å². The fourth-order valence-electron chi connectivity index (χ4n) is 3.15. The zero-order chi connectivity index (χ0) is 16.5. The van der Waals surface area contributed by atoms with E-state index in [4.69, 9.17) is 18.0 Å². The summed E-state index contributed by atoms with van der Waals surface area (Å²) in [4.78, 5) is 4.97. The van der Waals surface area contributed by atoms with Gasteiger partial charge in [0.05, 0.1) is 20.7 Å². The molecule has 0 bridgehead atoms. The van der Waals surface area contributed by atoms with E-state index in [1.807, 2.05) is 5.51 Å². The van der Waals surface area contributed by atoms with E-state index in [1.165, 1.54) is 26.6 Å². The lowest BCUT2D eigenvalue weighted by atomic mass is 9.87. The van der Waals surface area contributed by atoms with Crippen LogP contribution in [0.1, 0.15) is 23.5 Å². The van der Waals surface area contributed by atoms with Gasteiger partial charge in [-0.1, -0.05) is 60.7 Å². The molecule has 0 aliphatic rings. The van der Waals surface area contributed by atoms with Crippen LogP contribution in [0.15, 0.2) is 66.2 Å². The lowest BCUT2D eigenvalue weighted by Crippen LogP contribution is -2.14. The number of benzene rings is 3. The molecule has 0 saturated heterocycles. The fourth-order valence-corrected chi connectivity index (χ4v) is 3.97. The highest BCUT2D eigenvalue weighted by Gasteiger charge is 2.17. The van der Waals surface area contributed by atoms with Crippen LogP contribution in [0.3, 0.4) is 0 Å². The summed E-state index contributed by atoms with van der Waals surface area (Å²) < 4.78 is 1.20. The molecule has 0 spiro atoms. The van der Waals surface area contributed by atoms with Crippen LogP contribution in [-0.2, 0) is 0 Å². The Kier molecular flexibility index (Phi) is 4.00. The van der Waals surface area contributed by atoms with Crippen molar-refractivity contribution in [2.24, 2.45) is 5.73 Å². The molecule has 118 valence electrons. The van der Waals surface area contributed by atoms with Crippen molar-refractivity contribution >= 4 is 49.5 Å². The molecule has 2 N–H and O–H groups in total. The maximum Gasteiger partial charge on any atom is 0.0814 e. The van der Waals surface area contributed by atoms with Crippen molar-refractivity contribution < 1.29 is 0 Å². The summed E-state index contributed by atoms with van der Waals surface area (Å²) in [6.07, 6.45) is 0.656. The SMILES string of the molecule is NC(=S)CC(c1ccc2ccccc2c1)c1ccc2scnc2c1. The Hall–Kier alpha value is -2.30. The van der Waals surface area contributed by atoms with Crippen LogP contribution >= 0.6 is 23.6 Å². The molecule has 3 aromatic carbocycles. The van der Waals surface area contributed by atoms with E-state index in [2.05, 4.69) is 65.6 Å². The van der Waals surface area contributed by atoms with Gasteiger partial charge in [0.15, 0.2) is 0 Å². The number of hydrogen-bond acceptors (Lipinski definition) is 3. The highest BCUT2D eigenvalue weighted by molar-refractivity contribution is 7.80. The third-order valence-electron chi connectivity index (χ3n) is 4.34. The Morgan fingerprint density at radius 2 is 1.75 bits per heavy atom. The molecule has 1 heterocycles. The zero-order valence-corrected chi connectivity index (χ0v) is 14.6.